The molecule has 1 aromatic heterocycles. The molecule has 3 aromatic rings. The second kappa shape index (κ2) is 13.9. The Morgan fingerprint density at radius 1 is 0.949 bits per heavy atom. The number of para-hydroxylation sites is 2. The zero-order chi connectivity index (χ0) is 27.6. The van der Waals surface area contributed by atoms with Crippen molar-refractivity contribution in [1.29, 1.82) is 0 Å². The van der Waals surface area contributed by atoms with Crippen LogP contribution in [0, 0.1) is 5.92 Å². The van der Waals surface area contributed by atoms with Crippen LogP contribution < -0.4 is 10.6 Å². The molecule has 1 aliphatic carbocycles. The van der Waals surface area contributed by atoms with E-state index in [0.29, 0.717) is 36.3 Å². The van der Waals surface area contributed by atoms with E-state index in [1.54, 1.807) is 12.1 Å². The third kappa shape index (κ3) is 8.38. The Balaban J connectivity index is 1.52. The first-order valence-electron chi connectivity index (χ1n) is 13.8. The molecule has 0 aliphatic heterocycles. The summed E-state index contributed by atoms with van der Waals surface area (Å²) in [5.41, 5.74) is 2.21. The van der Waals surface area contributed by atoms with E-state index in [0.717, 1.165) is 37.7 Å². The Labute approximate surface area is 228 Å². The summed E-state index contributed by atoms with van der Waals surface area (Å²) in [5.74, 6) is -1.55. The van der Waals surface area contributed by atoms with Crippen LogP contribution in [0.25, 0.3) is 11.1 Å². The molecule has 208 valence electrons. The van der Waals surface area contributed by atoms with Gasteiger partial charge in [-0.1, -0.05) is 74.6 Å². The molecule has 9 heteroatoms. The lowest BCUT2D eigenvalue weighted by atomic mass is 9.84. The van der Waals surface area contributed by atoms with E-state index in [4.69, 9.17) is 9.52 Å². The van der Waals surface area contributed by atoms with Crippen LogP contribution >= 0.6 is 0 Å². The predicted molar refractivity (Wildman–Crippen MR) is 146 cm³/mol. The van der Waals surface area contributed by atoms with Gasteiger partial charge in [-0.3, -0.25) is 14.4 Å². The number of amides is 2. The molecule has 39 heavy (non-hydrogen) atoms. The van der Waals surface area contributed by atoms with Gasteiger partial charge in [0.15, 0.2) is 11.7 Å². The van der Waals surface area contributed by atoms with Crippen molar-refractivity contribution in [2.24, 2.45) is 5.92 Å². The standard InChI is InChI=1S/C30H37N3O6/c34-26(17-18-27(35)36)31-24(19-21-11-5-2-6-12-21)29(38)32-23(16-15-20-9-3-1-4-10-20)28(37)30-33-22-13-7-8-14-25(22)39-30/h1,3-4,7-10,13-14,21,23-24,28,37H,2,5-6,11-12,15-19H2,(H,31,34)(H,32,38)(H,35,36)/t23-,24-,28?/m0/s1. The highest BCUT2D eigenvalue weighted by Gasteiger charge is 2.32. The minimum Gasteiger partial charge on any atom is -0.481 e. The van der Waals surface area contributed by atoms with Gasteiger partial charge in [0.25, 0.3) is 0 Å². The second-order valence-corrected chi connectivity index (χ2v) is 10.4. The number of aliphatic hydroxyl groups excluding tert-OH is 1. The number of hydrogen-bond acceptors (Lipinski definition) is 6. The Morgan fingerprint density at radius 3 is 2.38 bits per heavy atom. The average molecular weight is 536 g/mol. The number of carboxylic acid groups (broad SMARTS) is 1. The van der Waals surface area contributed by atoms with Crippen molar-refractivity contribution in [3.8, 4) is 0 Å². The number of carbonyl (C=O) groups excluding carboxylic acids is 2. The molecule has 9 nitrogen and oxygen atoms in total. The van der Waals surface area contributed by atoms with E-state index in [-0.39, 0.29) is 18.7 Å². The SMILES string of the molecule is O=C(O)CCC(=O)N[C@@H](CC1CCCCC1)C(=O)N[C@@H](CCc1ccccc1)C(O)c1nc2ccccc2o1. The molecule has 1 heterocycles. The smallest absolute Gasteiger partial charge is 0.303 e. The molecule has 0 spiro atoms. The van der Waals surface area contributed by atoms with Gasteiger partial charge in [0.1, 0.15) is 11.6 Å². The van der Waals surface area contributed by atoms with Crippen molar-refractivity contribution in [3.63, 3.8) is 0 Å². The molecule has 0 saturated heterocycles. The zero-order valence-corrected chi connectivity index (χ0v) is 22.1. The maximum absolute atomic E-state index is 13.6. The van der Waals surface area contributed by atoms with Gasteiger partial charge in [0.05, 0.1) is 12.5 Å². The van der Waals surface area contributed by atoms with E-state index >= 15 is 0 Å². The molecule has 1 unspecified atom stereocenters. The molecule has 4 rings (SSSR count). The monoisotopic (exact) mass is 535 g/mol. The lowest BCUT2D eigenvalue weighted by molar-refractivity contribution is -0.139. The predicted octanol–water partition coefficient (Wildman–Crippen LogP) is 4.30. The number of aliphatic hydroxyl groups is 1. The Hall–Kier alpha value is -3.72. The van der Waals surface area contributed by atoms with Crippen molar-refractivity contribution in [2.45, 2.75) is 82.4 Å². The van der Waals surface area contributed by atoms with Crippen molar-refractivity contribution >= 4 is 28.9 Å². The van der Waals surface area contributed by atoms with Gasteiger partial charge in [-0.25, -0.2) is 4.98 Å². The lowest BCUT2D eigenvalue weighted by Crippen LogP contribution is -2.52. The van der Waals surface area contributed by atoms with Gasteiger partial charge in [-0.15, -0.1) is 0 Å². The summed E-state index contributed by atoms with van der Waals surface area (Å²) in [7, 11) is 0. The number of nitrogens with zero attached hydrogens (tertiary/aromatic N) is 1. The second-order valence-electron chi connectivity index (χ2n) is 10.4. The summed E-state index contributed by atoms with van der Waals surface area (Å²) in [4.78, 5) is 41.5. The van der Waals surface area contributed by atoms with E-state index in [2.05, 4.69) is 15.6 Å². The number of aryl methyl sites for hydroxylation is 1. The summed E-state index contributed by atoms with van der Waals surface area (Å²) >= 11 is 0. The fraction of sp³-hybridized carbons (Fsp3) is 0.467. The van der Waals surface area contributed by atoms with Crippen LogP contribution in [0.4, 0.5) is 0 Å². The number of hydrogen-bond donors (Lipinski definition) is 4. The number of aromatic nitrogens is 1. The number of nitrogens with one attached hydrogen (secondary N) is 2. The van der Waals surface area contributed by atoms with Gasteiger partial charge < -0.3 is 25.3 Å². The summed E-state index contributed by atoms with van der Waals surface area (Å²) in [6, 6.07) is 15.4. The van der Waals surface area contributed by atoms with Crippen molar-refractivity contribution in [3.05, 3.63) is 66.1 Å². The average Bonchev–Trinajstić information content (AvgIpc) is 3.39. The van der Waals surface area contributed by atoms with E-state index in [1.807, 2.05) is 42.5 Å². The van der Waals surface area contributed by atoms with Crippen LogP contribution in [-0.4, -0.2) is 45.1 Å². The maximum Gasteiger partial charge on any atom is 0.303 e. The van der Waals surface area contributed by atoms with Crippen LogP contribution in [0.2, 0.25) is 0 Å². The lowest BCUT2D eigenvalue weighted by Gasteiger charge is -2.29. The first-order valence-corrected chi connectivity index (χ1v) is 13.8. The highest BCUT2D eigenvalue weighted by molar-refractivity contribution is 5.88. The van der Waals surface area contributed by atoms with E-state index < -0.39 is 36.0 Å². The number of carbonyl (C=O) groups is 3. The quantitative estimate of drug-likeness (QED) is 0.256. The first-order chi connectivity index (χ1) is 18.9. The molecule has 0 bridgehead atoms. The van der Waals surface area contributed by atoms with Crippen molar-refractivity contribution in [1.82, 2.24) is 15.6 Å². The van der Waals surface area contributed by atoms with E-state index in [9.17, 15) is 19.5 Å². The molecular weight excluding hydrogens is 498 g/mol. The minimum atomic E-state index is -1.21. The zero-order valence-electron chi connectivity index (χ0n) is 22.1. The number of aliphatic carboxylic acids is 1. The number of benzene rings is 2. The normalized spacial score (nSPS) is 16.3. The molecular formula is C30H37N3O6. The van der Waals surface area contributed by atoms with Crippen LogP contribution in [0.3, 0.4) is 0 Å². The summed E-state index contributed by atoms with van der Waals surface area (Å²) in [5, 5.41) is 26.0. The molecule has 0 radical (unpaired) electrons. The fourth-order valence-corrected chi connectivity index (χ4v) is 5.22. The third-order valence-electron chi connectivity index (χ3n) is 7.37. The Morgan fingerprint density at radius 2 is 1.67 bits per heavy atom. The molecule has 1 fully saturated rings. The van der Waals surface area contributed by atoms with Crippen LogP contribution in [-0.2, 0) is 20.8 Å². The Bertz CT molecular complexity index is 1200. The summed E-state index contributed by atoms with van der Waals surface area (Å²) in [6.45, 7) is 0. The number of carboxylic acids is 1. The Kier molecular flexibility index (Phi) is 10.1. The molecule has 3 atom stereocenters. The van der Waals surface area contributed by atoms with E-state index in [1.165, 1.54) is 0 Å². The van der Waals surface area contributed by atoms with Crippen LogP contribution in [0.15, 0.2) is 59.0 Å². The highest BCUT2D eigenvalue weighted by Crippen LogP contribution is 2.28. The highest BCUT2D eigenvalue weighted by atomic mass is 16.4. The molecule has 2 aromatic carbocycles. The molecule has 4 N–H and O–H groups in total. The number of fused-ring (bicyclic) bond motifs is 1. The topological polar surface area (TPSA) is 142 Å². The van der Waals surface area contributed by atoms with Crippen molar-refractivity contribution < 1.29 is 29.0 Å². The first kappa shape index (κ1) is 28.3. The van der Waals surface area contributed by atoms with Crippen LogP contribution in [0.1, 0.15) is 75.3 Å². The maximum atomic E-state index is 13.6. The minimum absolute atomic E-state index is 0.115. The summed E-state index contributed by atoms with van der Waals surface area (Å²) in [6.07, 6.45) is 5.07. The largest absolute Gasteiger partial charge is 0.481 e. The third-order valence-corrected chi connectivity index (χ3v) is 7.37. The van der Waals surface area contributed by atoms with Crippen molar-refractivity contribution in [2.75, 3.05) is 0 Å². The van der Waals surface area contributed by atoms with Gasteiger partial charge in [-0.05, 0) is 42.9 Å². The molecule has 1 saturated carbocycles. The molecule has 1 aliphatic rings. The van der Waals surface area contributed by atoms with Gasteiger partial charge in [0.2, 0.25) is 17.7 Å². The number of rotatable bonds is 13. The molecule has 2 amide bonds. The summed E-state index contributed by atoms with van der Waals surface area (Å²) < 4.78 is 5.81. The van der Waals surface area contributed by atoms with Gasteiger partial charge in [0, 0.05) is 6.42 Å². The fourth-order valence-electron chi connectivity index (χ4n) is 5.22. The van der Waals surface area contributed by atoms with Gasteiger partial charge >= 0.3 is 5.97 Å². The number of oxazole rings is 1. The van der Waals surface area contributed by atoms with Crippen LogP contribution in [0.5, 0.6) is 0 Å². The van der Waals surface area contributed by atoms with Gasteiger partial charge in [-0.2, -0.15) is 0 Å².